The summed E-state index contributed by atoms with van der Waals surface area (Å²) in [7, 11) is 0. The number of hydrogen-bond donors (Lipinski definition) is 1. The third-order valence-corrected chi connectivity index (χ3v) is 3.54. The zero-order valence-electron chi connectivity index (χ0n) is 7.40. The Kier molecular flexibility index (Phi) is 2.52. The molecule has 13 heavy (non-hydrogen) atoms. The predicted octanol–water partition coefficient (Wildman–Crippen LogP) is 3.90. The fourth-order valence-corrected chi connectivity index (χ4v) is 2.61. The van der Waals surface area contributed by atoms with E-state index in [0.717, 1.165) is 18.0 Å². The standard InChI is InChI=1S/C10H11BrClN/c1-6-4-7(12)5-8-9(11)2-3-13-10(6)8/h4-5,9,13H,2-3H2,1H3. The zero-order valence-corrected chi connectivity index (χ0v) is 9.74. The van der Waals surface area contributed by atoms with Crippen molar-refractivity contribution >= 4 is 33.2 Å². The van der Waals surface area contributed by atoms with Gasteiger partial charge in [0.25, 0.3) is 0 Å². The molecule has 0 saturated heterocycles. The normalized spacial score (nSPS) is 20.7. The summed E-state index contributed by atoms with van der Waals surface area (Å²) in [6, 6.07) is 4.04. The molecular formula is C10H11BrClN. The number of anilines is 1. The first-order valence-corrected chi connectivity index (χ1v) is 5.66. The van der Waals surface area contributed by atoms with E-state index in [4.69, 9.17) is 11.6 Å². The number of benzene rings is 1. The maximum atomic E-state index is 6.00. The van der Waals surface area contributed by atoms with Gasteiger partial charge in [-0.15, -0.1) is 0 Å². The molecule has 0 aliphatic carbocycles. The van der Waals surface area contributed by atoms with Gasteiger partial charge in [0.2, 0.25) is 0 Å². The van der Waals surface area contributed by atoms with Gasteiger partial charge in [0, 0.05) is 22.1 Å². The molecule has 0 amide bonds. The number of hydrogen-bond acceptors (Lipinski definition) is 1. The van der Waals surface area contributed by atoms with Crippen LogP contribution in [0.3, 0.4) is 0 Å². The SMILES string of the molecule is Cc1cc(Cl)cc2c1NCCC2Br. The maximum Gasteiger partial charge on any atom is 0.0433 e. The van der Waals surface area contributed by atoms with Crippen LogP contribution in [0.15, 0.2) is 12.1 Å². The van der Waals surface area contributed by atoms with Crippen molar-refractivity contribution in [2.75, 3.05) is 11.9 Å². The first-order chi connectivity index (χ1) is 6.18. The van der Waals surface area contributed by atoms with Gasteiger partial charge < -0.3 is 5.32 Å². The highest BCUT2D eigenvalue weighted by molar-refractivity contribution is 9.09. The number of rotatable bonds is 0. The van der Waals surface area contributed by atoms with Crippen LogP contribution >= 0.6 is 27.5 Å². The van der Waals surface area contributed by atoms with E-state index in [0.29, 0.717) is 4.83 Å². The number of aryl methyl sites for hydroxylation is 1. The minimum atomic E-state index is 0.446. The van der Waals surface area contributed by atoms with Crippen molar-refractivity contribution in [2.24, 2.45) is 0 Å². The lowest BCUT2D eigenvalue weighted by atomic mass is 10.00. The van der Waals surface area contributed by atoms with Gasteiger partial charge in [-0.25, -0.2) is 0 Å². The molecule has 1 atom stereocenters. The number of alkyl halides is 1. The molecular weight excluding hydrogens is 249 g/mol. The van der Waals surface area contributed by atoms with Crippen LogP contribution in [-0.2, 0) is 0 Å². The molecule has 70 valence electrons. The van der Waals surface area contributed by atoms with Gasteiger partial charge in [-0.1, -0.05) is 27.5 Å². The van der Waals surface area contributed by atoms with Crippen LogP contribution in [0.5, 0.6) is 0 Å². The van der Waals surface area contributed by atoms with E-state index in [1.165, 1.54) is 16.8 Å². The Morgan fingerprint density at radius 1 is 1.54 bits per heavy atom. The van der Waals surface area contributed by atoms with E-state index in [1.54, 1.807) is 0 Å². The molecule has 0 bridgehead atoms. The Bertz CT molecular complexity index is 338. The monoisotopic (exact) mass is 259 g/mol. The van der Waals surface area contributed by atoms with Gasteiger partial charge in [0.05, 0.1) is 0 Å². The molecule has 1 aromatic carbocycles. The summed E-state index contributed by atoms with van der Waals surface area (Å²) in [5.74, 6) is 0. The summed E-state index contributed by atoms with van der Waals surface area (Å²) in [5.41, 5.74) is 3.76. The van der Waals surface area contributed by atoms with Gasteiger partial charge in [-0.2, -0.15) is 0 Å². The Morgan fingerprint density at radius 2 is 2.31 bits per heavy atom. The highest BCUT2D eigenvalue weighted by Gasteiger charge is 2.19. The van der Waals surface area contributed by atoms with E-state index in [1.807, 2.05) is 12.1 Å². The molecule has 1 N–H and O–H groups in total. The quantitative estimate of drug-likeness (QED) is 0.698. The van der Waals surface area contributed by atoms with Crippen molar-refractivity contribution in [3.8, 4) is 0 Å². The van der Waals surface area contributed by atoms with Gasteiger partial charge in [0.1, 0.15) is 0 Å². The van der Waals surface area contributed by atoms with Crippen molar-refractivity contribution in [3.63, 3.8) is 0 Å². The summed E-state index contributed by atoms with van der Waals surface area (Å²) in [4.78, 5) is 0.446. The number of nitrogens with one attached hydrogen (secondary N) is 1. The number of halogens is 2. The third-order valence-electron chi connectivity index (χ3n) is 2.37. The molecule has 1 aliphatic heterocycles. The van der Waals surface area contributed by atoms with Gasteiger partial charge in [0.15, 0.2) is 0 Å². The Morgan fingerprint density at radius 3 is 3.08 bits per heavy atom. The minimum absolute atomic E-state index is 0.446. The Labute approximate surface area is 91.6 Å². The summed E-state index contributed by atoms with van der Waals surface area (Å²) < 4.78 is 0. The van der Waals surface area contributed by atoms with Crippen LogP contribution in [0, 0.1) is 6.92 Å². The maximum absolute atomic E-state index is 6.00. The summed E-state index contributed by atoms with van der Waals surface area (Å²) in [6.45, 7) is 3.12. The molecule has 1 unspecified atom stereocenters. The van der Waals surface area contributed by atoms with Crippen molar-refractivity contribution < 1.29 is 0 Å². The molecule has 1 nitrogen and oxygen atoms in total. The molecule has 0 aromatic heterocycles. The largest absolute Gasteiger partial charge is 0.385 e. The van der Waals surface area contributed by atoms with Crippen LogP contribution in [0.25, 0.3) is 0 Å². The second-order valence-electron chi connectivity index (χ2n) is 3.37. The summed E-state index contributed by atoms with van der Waals surface area (Å²) >= 11 is 9.66. The number of fused-ring (bicyclic) bond motifs is 1. The lowest BCUT2D eigenvalue weighted by Crippen LogP contribution is -2.14. The van der Waals surface area contributed by atoms with E-state index in [9.17, 15) is 0 Å². The topological polar surface area (TPSA) is 12.0 Å². The second kappa shape index (κ2) is 3.50. The lowest BCUT2D eigenvalue weighted by Gasteiger charge is -2.24. The van der Waals surface area contributed by atoms with Crippen LogP contribution in [0.4, 0.5) is 5.69 Å². The first-order valence-electron chi connectivity index (χ1n) is 4.36. The van der Waals surface area contributed by atoms with E-state index >= 15 is 0 Å². The molecule has 1 aliphatic rings. The molecule has 0 radical (unpaired) electrons. The van der Waals surface area contributed by atoms with Gasteiger partial charge >= 0.3 is 0 Å². The molecule has 3 heteroatoms. The second-order valence-corrected chi connectivity index (χ2v) is 4.91. The van der Waals surface area contributed by atoms with Crippen molar-refractivity contribution in [1.82, 2.24) is 0 Å². The highest BCUT2D eigenvalue weighted by atomic mass is 79.9. The average Bonchev–Trinajstić information content (AvgIpc) is 2.07. The third kappa shape index (κ3) is 1.70. The van der Waals surface area contributed by atoms with Crippen LogP contribution in [0.2, 0.25) is 5.02 Å². The van der Waals surface area contributed by atoms with Crippen molar-refractivity contribution in [3.05, 3.63) is 28.3 Å². The molecule has 1 heterocycles. The van der Waals surface area contributed by atoms with E-state index in [-0.39, 0.29) is 0 Å². The molecule has 2 rings (SSSR count). The fourth-order valence-electron chi connectivity index (χ4n) is 1.74. The average molecular weight is 261 g/mol. The van der Waals surface area contributed by atoms with Crippen molar-refractivity contribution in [1.29, 1.82) is 0 Å². The van der Waals surface area contributed by atoms with Crippen molar-refractivity contribution in [2.45, 2.75) is 18.2 Å². The van der Waals surface area contributed by atoms with Crippen LogP contribution < -0.4 is 5.32 Å². The molecule has 0 fully saturated rings. The smallest absolute Gasteiger partial charge is 0.0433 e. The predicted molar refractivity (Wildman–Crippen MR) is 61.0 cm³/mol. The first kappa shape index (κ1) is 9.35. The lowest BCUT2D eigenvalue weighted by molar-refractivity contribution is 0.820. The van der Waals surface area contributed by atoms with E-state index < -0.39 is 0 Å². The Hall–Kier alpha value is -0.210. The van der Waals surface area contributed by atoms with E-state index in [2.05, 4.69) is 28.2 Å². The zero-order chi connectivity index (χ0) is 9.42. The highest BCUT2D eigenvalue weighted by Crippen LogP contribution is 2.39. The summed E-state index contributed by atoms with van der Waals surface area (Å²) in [6.07, 6.45) is 1.12. The molecule has 0 spiro atoms. The Balaban J connectivity index is 2.56. The molecule has 1 aromatic rings. The summed E-state index contributed by atoms with van der Waals surface area (Å²) in [5, 5.41) is 4.22. The van der Waals surface area contributed by atoms with Gasteiger partial charge in [-0.05, 0) is 36.6 Å². The minimum Gasteiger partial charge on any atom is -0.385 e. The fraction of sp³-hybridized carbons (Fsp3) is 0.400. The molecule has 0 saturated carbocycles. The van der Waals surface area contributed by atoms with Gasteiger partial charge in [-0.3, -0.25) is 0 Å². The van der Waals surface area contributed by atoms with Crippen LogP contribution in [0.1, 0.15) is 22.4 Å². The van der Waals surface area contributed by atoms with Crippen LogP contribution in [-0.4, -0.2) is 6.54 Å².